The molecule has 0 aliphatic carbocycles. The van der Waals surface area contributed by atoms with Gasteiger partial charge in [-0.15, -0.1) is 5.10 Å². The lowest BCUT2D eigenvalue weighted by Gasteiger charge is -2.44. The molecule has 0 aromatic carbocycles. The van der Waals surface area contributed by atoms with Crippen LogP contribution in [0.5, 0.6) is 0 Å². The molecule has 2 amide bonds. The standard InChI is InChI=1S/C13H21N5O3/c1-5-13(2,3)16(4)12(21)17-6-9(7-17)18-8-10(11(19)20)14-15-18/h8-9H,5-7H2,1-4H3,(H,19,20). The summed E-state index contributed by atoms with van der Waals surface area (Å²) in [5.74, 6) is -1.10. The monoisotopic (exact) mass is 295 g/mol. The Morgan fingerprint density at radius 3 is 2.57 bits per heavy atom. The van der Waals surface area contributed by atoms with Gasteiger partial charge < -0.3 is 14.9 Å². The van der Waals surface area contributed by atoms with E-state index in [-0.39, 0.29) is 23.3 Å². The molecule has 1 N–H and O–H groups in total. The van der Waals surface area contributed by atoms with Crippen molar-refractivity contribution in [3.63, 3.8) is 0 Å². The van der Waals surface area contributed by atoms with Gasteiger partial charge in [0.1, 0.15) is 0 Å². The molecule has 8 nitrogen and oxygen atoms in total. The zero-order valence-electron chi connectivity index (χ0n) is 12.8. The molecule has 1 aromatic rings. The highest BCUT2D eigenvalue weighted by Crippen LogP contribution is 2.25. The summed E-state index contributed by atoms with van der Waals surface area (Å²) in [6, 6.07) is -0.0237. The second-order valence-electron chi connectivity index (χ2n) is 5.96. The first-order valence-electron chi connectivity index (χ1n) is 6.94. The zero-order chi connectivity index (χ0) is 15.8. The second-order valence-corrected chi connectivity index (χ2v) is 5.96. The number of carboxylic acids is 1. The smallest absolute Gasteiger partial charge is 0.358 e. The second kappa shape index (κ2) is 5.34. The van der Waals surface area contributed by atoms with Crippen LogP contribution in [-0.4, -0.2) is 67.6 Å². The Labute approximate surface area is 123 Å². The molecule has 1 saturated heterocycles. The first-order chi connectivity index (χ1) is 9.76. The van der Waals surface area contributed by atoms with Gasteiger partial charge in [0.25, 0.3) is 0 Å². The fraction of sp³-hybridized carbons (Fsp3) is 0.692. The third kappa shape index (κ3) is 2.84. The summed E-state index contributed by atoms with van der Waals surface area (Å²) in [5, 5.41) is 16.2. The summed E-state index contributed by atoms with van der Waals surface area (Å²) in [5.41, 5.74) is -0.268. The summed E-state index contributed by atoms with van der Waals surface area (Å²) in [6.45, 7) is 7.14. The highest BCUT2D eigenvalue weighted by molar-refractivity contribution is 5.84. The lowest BCUT2D eigenvalue weighted by Crippen LogP contribution is -2.58. The summed E-state index contributed by atoms with van der Waals surface area (Å²) in [4.78, 5) is 26.6. The van der Waals surface area contributed by atoms with Crippen molar-refractivity contribution < 1.29 is 14.7 Å². The number of urea groups is 1. The molecule has 0 atom stereocenters. The van der Waals surface area contributed by atoms with Crippen LogP contribution >= 0.6 is 0 Å². The van der Waals surface area contributed by atoms with Gasteiger partial charge >= 0.3 is 12.0 Å². The molecule has 1 aliphatic rings. The number of rotatable bonds is 4. The van der Waals surface area contributed by atoms with Gasteiger partial charge in [0.2, 0.25) is 0 Å². The SMILES string of the molecule is CCC(C)(C)N(C)C(=O)N1CC(n2cc(C(=O)O)nn2)C1. The van der Waals surface area contributed by atoms with E-state index in [2.05, 4.69) is 10.3 Å². The third-order valence-corrected chi connectivity index (χ3v) is 4.30. The van der Waals surface area contributed by atoms with Crippen LogP contribution in [0.1, 0.15) is 43.7 Å². The maximum absolute atomic E-state index is 12.3. The number of carbonyl (C=O) groups is 2. The predicted octanol–water partition coefficient (Wildman–Crippen LogP) is 1.07. The largest absolute Gasteiger partial charge is 0.476 e. The summed E-state index contributed by atoms with van der Waals surface area (Å²) >= 11 is 0. The highest BCUT2D eigenvalue weighted by Gasteiger charge is 2.37. The molecule has 21 heavy (non-hydrogen) atoms. The molecule has 1 aromatic heterocycles. The molecule has 0 spiro atoms. The Hall–Kier alpha value is -2.12. The normalized spacial score (nSPS) is 15.7. The van der Waals surface area contributed by atoms with Crippen molar-refractivity contribution in [2.45, 2.75) is 38.8 Å². The molecule has 1 fully saturated rings. The topological polar surface area (TPSA) is 91.6 Å². The molecule has 2 heterocycles. The summed E-state index contributed by atoms with van der Waals surface area (Å²) < 4.78 is 1.51. The number of amides is 2. The van der Waals surface area contributed by atoms with E-state index in [0.717, 1.165) is 6.42 Å². The number of hydrogen-bond acceptors (Lipinski definition) is 4. The van der Waals surface area contributed by atoms with Gasteiger partial charge in [-0.1, -0.05) is 12.1 Å². The van der Waals surface area contributed by atoms with Gasteiger partial charge in [-0.3, -0.25) is 0 Å². The molecule has 0 saturated carbocycles. The van der Waals surface area contributed by atoms with E-state index in [1.165, 1.54) is 10.9 Å². The fourth-order valence-electron chi connectivity index (χ4n) is 2.04. The fourth-order valence-corrected chi connectivity index (χ4v) is 2.04. The van der Waals surface area contributed by atoms with E-state index < -0.39 is 5.97 Å². The van der Waals surface area contributed by atoms with Crippen LogP contribution in [0.4, 0.5) is 4.79 Å². The summed E-state index contributed by atoms with van der Waals surface area (Å²) in [6.07, 6.45) is 2.27. The van der Waals surface area contributed by atoms with E-state index in [0.29, 0.717) is 13.1 Å². The van der Waals surface area contributed by atoms with Crippen LogP contribution in [0.2, 0.25) is 0 Å². The van der Waals surface area contributed by atoms with E-state index >= 15 is 0 Å². The molecule has 0 unspecified atom stereocenters. The van der Waals surface area contributed by atoms with Crippen LogP contribution < -0.4 is 0 Å². The van der Waals surface area contributed by atoms with Gasteiger partial charge in [0.05, 0.1) is 12.2 Å². The van der Waals surface area contributed by atoms with Gasteiger partial charge in [-0.25, -0.2) is 14.3 Å². The Bertz CT molecular complexity index is 548. The molecule has 116 valence electrons. The van der Waals surface area contributed by atoms with E-state index in [9.17, 15) is 9.59 Å². The molecule has 8 heteroatoms. The van der Waals surface area contributed by atoms with E-state index in [1.54, 1.807) is 16.8 Å². The lowest BCUT2D eigenvalue weighted by molar-refractivity contribution is 0.0674. The minimum Gasteiger partial charge on any atom is -0.476 e. The number of nitrogens with zero attached hydrogens (tertiary/aromatic N) is 5. The van der Waals surface area contributed by atoms with E-state index in [4.69, 9.17) is 5.11 Å². The van der Waals surface area contributed by atoms with E-state index in [1.807, 2.05) is 20.8 Å². The quantitative estimate of drug-likeness (QED) is 0.897. The molecule has 0 bridgehead atoms. The van der Waals surface area contributed by atoms with Crippen molar-refractivity contribution in [1.29, 1.82) is 0 Å². The Morgan fingerprint density at radius 1 is 1.48 bits per heavy atom. The number of hydrogen-bond donors (Lipinski definition) is 1. The number of likely N-dealkylation sites (tertiary alicyclic amines) is 1. The van der Waals surface area contributed by atoms with Gasteiger partial charge in [0, 0.05) is 25.7 Å². The van der Waals surface area contributed by atoms with Crippen LogP contribution in [0.25, 0.3) is 0 Å². The minimum absolute atomic E-state index is 0.00677. The first kappa shape index (κ1) is 15.3. The average Bonchev–Trinajstić information content (AvgIpc) is 2.85. The summed E-state index contributed by atoms with van der Waals surface area (Å²) in [7, 11) is 1.80. The van der Waals surface area contributed by atoms with Crippen molar-refractivity contribution in [3.8, 4) is 0 Å². The lowest BCUT2D eigenvalue weighted by atomic mass is 10.00. The molecule has 2 rings (SSSR count). The number of aromatic carboxylic acids is 1. The van der Waals surface area contributed by atoms with Gasteiger partial charge in [-0.2, -0.15) is 0 Å². The van der Waals surface area contributed by atoms with Crippen LogP contribution in [0.3, 0.4) is 0 Å². The van der Waals surface area contributed by atoms with Crippen molar-refractivity contribution in [1.82, 2.24) is 24.8 Å². The van der Waals surface area contributed by atoms with Crippen molar-refractivity contribution >= 4 is 12.0 Å². The van der Waals surface area contributed by atoms with Crippen molar-refractivity contribution in [3.05, 3.63) is 11.9 Å². The van der Waals surface area contributed by atoms with Gasteiger partial charge in [0.15, 0.2) is 5.69 Å². The molecular weight excluding hydrogens is 274 g/mol. The third-order valence-electron chi connectivity index (χ3n) is 4.30. The number of aromatic nitrogens is 3. The van der Waals surface area contributed by atoms with Crippen molar-refractivity contribution in [2.24, 2.45) is 0 Å². The Kier molecular flexibility index (Phi) is 3.89. The Balaban J connectivity index is 1.94. The minimum atomic E-state index is -1.10. The predicted molar refractivity (Wildman–Crippen MR) is 75.1 cm³/mol. The number of carboxylic acid groups (broad SMARTS) is 1. The molecule has 1 aliphatic heterocycles. The van der Waals surface area contributed by atoms with Crippen LogP contribution in [0, 0.1) is 0 Å². The first-order valence-corrected chi connectivity index (χ1v) is 6.94. The van der Waals surface area contributed by atoms with Crippen LogP contribution in [-0.2, 0) is 0 Å². The average molecular weight is 295 g/mol. The van der Waals surface area contributed by atoms with Crippen LogP contribution in [0.15, 0.2) is 6.20 Å². The molecule has 0 radical (unpaired) electrons. The molecular formula is C13H21N5O3. The highest BCUT2D eigenvalue weighted by atomic mass is 16.4. The maximum atomic E-state index is 12.3. The number of carbonyl (C=O) groups excluding carboxylic acids is 1. The zero-order valence-corrected chi connectivity index (χ0v) is 12.8. The van der Waals surface area contributed by atoms with Crippen molar-refractivity contribution in [2.75, 3.05) is 20.1 Å². The maximum Gasteiger partial charge on any atom is 0.358 e. The Morgan fingerprint density at radius 2 is 2.10 bits per heavy atom. The van der Waals surface area contributed by atoms with Gasteiger partial charge in [-0.05, 0) is 20.3 Å².